The molecule has 0 heterocycles. The molecule has 104 valence electrons. The molecule has 1 unspecified atom stereocenters. The van der Waals surface area contributed by atoms with Gasteiger partial charge in [-0.15, -0.1) is 0 Å². The lowest BCUT2D eigenvalue weighted by atomic mass is 10.1. The third-order valence-electron chi connectivity index (χ3n) is 3.32. The van der Waals surface area contributed by atoms with Crippen molar-refractivity contribution >= 4 is 11.7 Å². The van der Waals surface area contributed by atoms with E-state index in [0.29, 0.717) is 13.0 Å². The first-order valence-corrected chi connectivity index (χ1v) is 6.79. The summed E-state index contributed by atoms with van der Waals surface area (Å²) in [5, 5.41) is 12.1. The molecule has 3 nitrogen and oxygen atoms in total. The molecule has 2 rings (SSSR count). The van der Waals surface area contributed by atoms with E-state index in [2.05, 4.69) is 29.6 Å². The number of nitrogens with one attached hydrogen (secondary N) is 1. The van der Waals surface area contributed by atoms with Gasteiger partial charge in [-0.1, -0.05) is 49.4 Å². The molecule has 0 amide bonds. The fraction of sp³-hybridized carbons (Fsp3) is 0.235. The average molecular weight is 269 g/mol. The van der Waals surface area contributed by atoms with Crippen LogP contribution in [0.1, 0.15) is 13.3 Å². The summed E-state index contributed by atoms with van der Waals surface area (Å²) in [6.07, 6.45) is 0.621. The van der Waals surface area contributed by atoms with Crippen LogP contribution in [0.15, 0.2) is 54.6 Å². The Morgan fingerprint density at radius 3 is 2.25 bits per heavy atom. The molecular formula is C17H19NO2. The van der Waals surface area contributed by atoms with Crippen molar-refractivity contribution < 1.29 is 9.90 Å². The Kier molecular flexibility index (Phi) is 4.77. The minimum Gasteiger partial charge on any atom is -0.481 e. The van der Waals surface area contributed by atoms with E-state index in [1.807, 2.05) is 30.3 Å². The quantitative estimate of drug-likeness (QED) is 0.836. The third-order valence-corrected chi connectivity index (χ3v) is 3.32. The standard InChI is InChI=1S/C17H19NO2/c1-13(17(19)20)11-12-18-16-9-7-15(8-10-16)14-5-3-2-4-6-14/h2-10,13,18H,11-12H2,1H3,(H,19,20). The summed E-state index contributed by atoms with van der Waals surface area (Å²) in [6, 6.07) is 18.4. The summed E-state index contributed by atoms with van der Waals surface area (Å²) >= 11 is 0. The molecular weight excluding hydrogens is 250 g/mol. The highest BCUT2D eigenvalue weighted by Crippen LogP contribution is 2.21. The molecule has 0 aliphatic heterocycles. The number of carbonyl (C=O) groups is 1. The number of carboxylic acid groups (broad SMARTS) is 1. The summed E-state index contributed by atoms with van der Waals surface area (Å²) in [5.74, 6) is -1.06. The van der Waals surface area contributed by atoms with E-state index < -0.39 is 5.97 Å². The molecule has 0 spiro atoms. The minimum absolute atomic E-state index is 0.314. The number of carboxylic acids is 1. The largest absolute Gasteiger partial charge is 0.481 e. The summed E-state index contributed by atoms with van der Waals surface area (Å²) < 4.78 is 0. The Hall–Kier alpha value is -2.29. The smallest absolute Gasteiger partial charge is 0.306 e. The Morgan fingerprint density at radius 2 is 1.65 bits per heavy atom. The molecule has 3 heteroatoms. The van der Waals surface area contributed by atoms with Crippen LogP contribution in [0, 0.1) is 5.92 Å². The number of hydrogen-bond donors (Lipinski definition) is 2. The first kappa shape index (κ1) is 14.1. The van der Waals surface area contributed by atoms with E-state index in [0.717, 1.165) is 5.69 Å². The van der Waals surface area contributed by atoms with Crippen LogP contribution >= 0.6 is 0 Å². The second kappa shape index (κ2) is 6.75. The van der Waals surface area contributed by atoms with E-state index >= 15 is 0 Å². The van der Waals surface area contributed by atoms with Crippen molar-refractivity contribution in [3.8, 4) is 11.1 Å². The Labute approximate surface area is 119 Å². The maximum atomic E-state index is 10.7. The molecule has 0 aliphatic rings. The van der Waals surface area contributed by atoms with Crippen LogP contribution in [-0.2, 0) is 4.79 Å². The van der Waals surface area contributed by atoms with E-state index in [-0.39, 0.29) is 5.92 Å². The van der Waals surface area contributed by atoms with Gasteiger partial charge in [0.15, 0.2) is 0 Å². The predicted octanol–water partition coefficient (Wildman–Crippen LogP) is 3.88. The lowest BCUT2D eigenvalue weighted by molar-refractivity contribution is -0.141. The maximum Gasteiger partial charge on any atom is 0.306 e. The highest BCUT2D eigenvalue weighted by atomic mass is 16.4. The van der Waals surface area contributed by atoms with Gasteiger partial charge in [0.05, 0.1) is 5.92 Å². The van der Waals surface area contributed by atoms with Crippen LogP contribution in [0.25, 0.3) is 11.1 Å². The van der Waals surface area contributed by atoms with Gasteiger partial charge in [-0.05, 0) is 29.7 Å². The topological polar surface area (TPSA) is 49.3 Å². The number of hydrogen-bond acceptors (Lipinski definition) is 2. The molecule has 0 fully saturated rings. The van der Waals surface area contributed by atoms with Crippen LogP contribution < -0.4 is 5.32 Å². The van der Waals surface area contributed by atoms with Crippen molar-refractivity contribution in [2.24, 2.45) is 5.92 Å². The van der Waals surface area contributed by atoms with Gasteiger partial charge in [-0.2, -0.15) is 0 Å². The van der Waals surface area contributed by atoms with Gasteiger partial charge >= 0.3 is 5.97 Å². The van der Waals surface area contributed by atoms with E-state index in [9.17, 15) is 4.79 Å². The van der Waals surface area contributed by atoms with Crippen molar-refractivity contribution in [1.82, 2.24) is 0 Å². The summed E-state index contributed by atoms with van der Waals surface area (Å²) in [5.41, 5.74) is 3.39. The van der Waals surface area contributed by atoms with E-state index in [1.54, 1.807) is 6.92 Å². The van der Waals surface area contributed by atoms with E-state index in [1.165, 1.54) is 11.1 Å². The normalized spacial score (nSPS) is 11.8. The van der Waals surface area contributed by atoms with Crippen molar-refractivity contribution in [3.05, 3.63) is 54.6 Å². The monoisotopic (exact) mass is 269 g/mol. The summed E-state index contributed by atoms with van der Waals surface area (Å²) in [6.45, 7) is 2.39. The molecule has 0 radical (unpaired) electrons. The highest BCUT2D eigenvalue weighted by Gasteiger charge is 2.09. The fourth-order valence-electron chi connectivity index (χ4n) is 1.97. The van der Waals surface area contributed by atoms with Crippen molar-refractivity contribution in [3.63, 3.8) is 0 Å². The van der Waals surface area contributed by atoms with Crippen LogP contribution in [0.3, 0.4) is 0 Å². The molecule has 0 aliphatic carbocycles. The number of rotatable bonds is 6. The summed E-state index contributed by atoms with van der Waals surface area (Å²) in [4.78, 5) is 10.7. The van der Waals surface area contributed by atoms with Crippen LogP contribution in [0.2, 0.25) is 0 Å². The molecule has 2 N–H and O–H groups in total. The predicted molar refractivity (Wildman–Crippen MR) is 81.8 cm³/mol. The second-order valence-electron chi connectivity index (χ2n) is 4.90. The Balaban J connectivity index is 1.91. The zero-order valence-corrected chi connectivity index (χ0v) is 11.5. The molecule has 0 saturated carbocycles. The SMILES string of the molecule is CC(CCNc1ccc(-c2ccccc2)cc1)C(=O)O. The number of aliphatic carboxylic acids is 1. The lowest BCUT2D eigenvalue weighted by Gasteiger charge is -2.09. The van der Waals surface area contributed by atoms with Crippen molar-refractivity contribution in [2.75, 3.05) is 11.9 Å². The third kappa shape index (κ3) is 3.85. The molecule has 1 atom stereocenters. The van der Waals surface area contributed by atoms with Gasteiger partial charge in [-0.25, -0.2) is 0 Å². The molecule has 2 aromatic carbocycles. The van der Waals surface area contributed by atoms with Gasteiger partial charge in [-0.3, -0.25) is 4.79 Å². The van der Waals surface area contributed by atoms with Gasteiger partial charge in [0.25, 0.3) is 0 Å². The van der Waals surface area contributed by atoms with E-state index in [4.69, 9.17) is 5.11 Å². The second-order valence-corrected chi connectivity index (χ2v) is 4.90. The zero-order valence-electron chi connectivity index (χ0n) is 11.5. The maximum absolute atomic E-state index is 10.7. The van der Waals surface area contributed by atoms with Gasteiger partial charge < -0.3 is 10.4 Å². The highest BCUT2D eigenvalue weighted by molar-refractivity contribution is 5.69. The lowest BCUT2D eigenvalue weighted by Crippen LogP contribution is -2.14. The summed E-state index contributed by atoms with van der Waals surface area (Å²) in [7, 11) is 0. The first-order valence-electron chi connectivity index (χ1n) is 6.79. The average Bonchev–Trinajstić information content (AvgIpc) is 2.48. The number of benzene rings is 2. The van der Waals surface area contributed by atoms with Crippen LogP contribution in [0.5, 0.6) is 0 Å². The molecule has 0 saturated heterocycles. The van der Waals surface area contributed by atoms with Gasteiger partial charge in [0, 0.05) is 12.2 Å². The van der Waals surface area contributed by atoms with Crippen molar-refractivity contribution in [2.45, 2.75) is 13.3 Å². The molecule has 0 aromatic heterocycles. The minimum atomic E-state index is -0.744. The van der Waals surface area contributed by atoms with Gasteiger partial charge in [0.1, 0.15) is 0 Å². The number of anilines is 1. The first-order chi connectivity index (χ1) is 9.66. The van der Waals surface area contributed by atoms with Gasteiger partial charge in [0.2, 0.25) is 0 Å². The Morgan fingerprint density at radius 1 is 1.05 bits per heavy atom. The zero-order chi connectivity index (χ0) is 14.4. The van der Waals surface area contributed by atoms with Crippen molar-refractivity contribution in [1.29, 1.82) is 0 Å². The fourth-order valence-corrected chi connectivity index (χ4v) is 1.97. The molecule has 0 bridgehead atoms. The molecule has 2 aromatic rings. The molecule has 20 heavy (non-hydrogen) atoms. The van der Waals surface area contributed by atoms with Crippen LogP contribution in [0.4, 0.5) is 5.69 Å². The van der Waals surface area contributed by atoms with Crippen LogP contribution in [-0.4, -0.2) is 17.6 Å². The Bertz CT molecular complexity index is 549.